The summed E-state index contributed by atoms with van der Waals surface area (Å²) < 4.78 is 12.7. The molecule has 0 N–H and O–H groups in total. The predicted octanol–water partition coefficient (Wildman–Crippen LogP) is 2.85. The Kier molecular flexibility index (Phi) is 3.30. The molecule has 0 unspecified atom stereocenters. The number of fused-ring (bicyclic) bond motifs is 1. The number of benzene rings is 1. The van der Waals surface area contributed by atoms with Crippen molar-refractivity contribution in [2.75, 3.05) is 0 Å². The highest BCUT2D eigenvalue weighted by Crippen LogP contribution is 2.20. The van der Waals surface area contributed by atoms with Crippen LogP contribution in [0.2, 0.25) is 0 Å². The highest BCUT2D eigenvalue weighted by atomic mass is 79.9. The van der Waals surface area contributed by atoms with Crippen molar-refractivity contribution in [3.63, 3.8) is 0 Å². The first kappa shape index (κ1) is 13.9. The molecule has 7 nitrogen and oxygen atoms in total. The van der Waals surface area contributed by atoms with E-state index < -0.39 is 5.76 Å². The van der Waals surface area contributed by atoms with Crippen LogP contribution >= 0.6 is 15.9 Å². The molecule has 0 bridgehead atoms. The van der Waals surface area contributed by atoms with Gasteiger partial charge in [0.05, 0.1) is 17.6 Å². The second kappa shape index (κ2) is 5.47. The van der Waals surface area contributed by atoms with E-state index in [2.05, 4.69) is 31.1 Å². The van der Waals surface area contributed by atoms with Crippen LogP contribution in [0.3, 0.4) is 0 Å². The minimum atomic E-state index is -0.457. The standard InChI is InChI=1S/C15H9BrN4O3/c16-10-5-9(6-17-7-10)14-18-13(19-23-14)8-20-11-3-1-2-4-12(11)22-15(20)21/h1-7H,8H2. The minimum Gasteiger partial charge on any atom is -0.408 e. The molecule has 4 aromatic rings. The van der Waals surface area contributed by atoms with Crippen molar-refractivity contribution in [3.8, 4) is 11.5 Å². The van der Waals surface area contributed by atoms with Gasteiger partial charge in [0, 0.05) is 16.9 Å². The van der Waals surface area contributed by atoms with Gasteiger partial charge in [0.25, 0.3) is 5.89 Å². The molecule has 0 atom stereocenters. The van der Waals surface area contributed by atoms with Crippen LogP contribution in [0.1, 0.15) is 5.82 Å². The lowest BCUT2D eigenvalue weighted by Crippen LogP contribution is -2.15. The molecule has 0 fully saturated rings. The molecular formula is C15H9BrN4O3. The first-order valence-corrected chi connectivity index (χ1v) is 7.52. The van der Waals surface area contributed by atoms with E-state index in [1.807, 2.05) is 18.2 Å². The van der Waals surface area contributed by atoms with E-state index in [0.717, 1.165) is 4.47 Å². The normalized spacial score (nSPS) is 11.2. The summed E-state index contributed by atoms with van der Waals surface area (Å²) >= 11 is 3.34. The first-order chi connectivity index (χ1) is 11.2. The Morgan fingerprint density at radius 1 is 1.22 bits per heavy atom. The van der Waals surface area contributed by atoms with Gasteiger partial charge in [0.2, 0.25) is 0 Å². The Bertz CT molecular complexity index is 1050. The fourth-order valence-corrected chi connectivity index (χ4v) is 2.63. The highest BCUT2D eigenvalue weighted by molar-refractivity contribution is 9.10. The third kappa shape index (κ3) is 2.57. The topological polar surface area (TPSA) is 87.0 Å². The number of pyridine rings is 1. The van der Waals surface area contributed by atoms with Crippen LogP contribution in [0.5, 0.6) is 0 Å². The molecule has 23 heavy (non-hydrogen) atoms. The SMILES string of the molecule is O=c1oc2ccccc2n1Cc1noc(-c2cncc(Br)c2)n1. The van der Waals surface area contributed by atoms with Crippen LogP contribution in [-0.2, 0) is 6.54 Å². The summed E-state index contributed by atoms with van der Waals surface area (Å²) in [6.45, 7) is 0.167. The molecule has 0 aliphatic carbocycles. The maximum absolute atomic E-state index is 12.0. The van der Waals surface area contributed by atoms with Crippen molar-refractivity contribution in [1.82, 2.24) is 19.7 Å². The van der Waals surface area contributed by atoms with E-state index in [9.17, 15) is 4.79 Å². The molecule has 0 spiro atoms. The summed E-state index contributed by atoms with van der Waals surface area (Å²) in [6.07, 6.45) is 3.29. The summed E-state index contributed by atoms with van der Waals surface area (Å²) in [7, 11) is 0. The number of hydrogen-bond donors (Lipinski definition) is 0. The van der Waals surface area contributed by atoms with Gasteiger partial charge in [0.1, 0.15) is 0 Å². The smallest absolute Gasteiger partial charge is 0.408 e. The summed E-state index contributed by atoms with van der Waals surface area (Å²) in [5.74, 6) is 0.268. The minimum absolute atomic E-state index is 0.167. The van der Waals surface area contributed by atoms with Crippen molar-refractivity contribution < 1.29 is 8.94 Å². The van der Waals surface area contributed by atoms with E-state index in [-0.39, 0.29) is 6.54 Å². The number of nitrogens with zero attached hydrogens (tertiary/aromatic N) is 4. The number of oxazole rings is 1. The molecule has 3 aromatic heterocycles. The second-order valence-electron chi connectivity index (χ2n) is 4.83. The number of hydrogen-bond acceptors (Lipinski definition) is 6. The third-order valence-corrected chi connectivity index (χ3v) is 3.73. The lowest BCUT2D eigenvalue weighted by molar-refractivity contribution is 0.418. The van der Waals surface area contributed by atoms with Crippen LogP contribution in [0.4, 0.5) is 0 Å². The molecule has 114 valence electrons. The number of rotatable bonds is 3. The molecule has 0 saturated heterocycles. The fraction of sp³-hybridized carbons (Fsp3) is 0.0667. The molecular weight excluding hydrogens is 364 g/mol. The van der Waals surface area contributed by atoms with Crippen LogP contribution in [0, 0.1) is 0 Å². The van der Waals surface area contributed by atoms with Gasteiger partial charge >= 0.3 is 5.76 Å². The summed E-state index contributed by atoms with van der Waals surface area (Å²) in [6, 6.07) is 9.01. The van der Waals surface area contributed by atoms with Gasteiger partial charge in [-0.05, 0) is 34.1 Å². The Labute approximate surface area is 137 Å². The van der Waals surface area contributed by atoms with E-state index in [0.29, 0.717) is 28.4 Å². The third-order valence-electron chi connectivity index (χ3n) is 3.29. The van der Waals surface area contributed by atoms with Crippen molar-refractivity contribution in [3.05, 3.63) is 63.6 Å². The van der Waals surface area contributed by atoms with Gasteiger partial charge in [0.15, 0.2) is 11.4 Å². The number of halogens is 1. The molecule has 0 aliphatic heterocycles. The lowest BCUT2D eigenvalue weighted by atomic mass is 10.3. The van der Waals surface area contributed by atoms with Crippen LogP contribution in [0.15, 0.2) is 60.9 Å². The molecule has 8 heteroatoms. The predicted molar refractivity (Wildman–Crippen MR) is 84.8 cm³/mol. The van der Waals surface area contributed by atoms with E-state index in [4.69, 9.17) is 8.94 Å². The first-order valence-electron chi connectivity index (χ1n) is 6.72. The highest BCUT2D eigenvalue weighted by Gasteiger charge is 2.14. The average Bonchev–Trinajstić information content (AvgIpc) is 3.13. The van der Waals surface area contributed by atoms with Crippen LogP contribution in [0.25, 0.3) is 22.6 Å². The monoisotopic (exact) mass is 372 g/mol. The second-order valence-corrected chi connectivity index (χ2v) is 5.75. The summed E-state index contributed by atoms with van der Waals surface area (Å²) in [5.41, 5.74) is 1.91. The maximum atomic E-state index is 12.0. The van der Waals surface area contributed by atoms with Gasteiger partial charge < -0.3 is 8.94 Å². The van der Waals surface area contributed by atoms with Gasteiger partial charge in [-0.2, -0.15) is 4.98 Å². The average molecular weight is 373 g/mol. The zero-order valence-corrected chi connectivity index (χ0v) is 13.2. The Hall–Kier alpha value is -2.74. The molecule has 3 heterocycles. The zero-order valence-electron chi connectivity index (χ0n) is 11.6. The summed E-state index contributed by atoms with van der Waals surface area (Å²) in [5, 5.41) is 3.91. The Balaban J connectivity index is 1.70. The molecule has 0 saturated carbocycles. The van der Waals surface area contributed by atoms with Gasteiger partial charge in [-0.25, -0.2) is 4.79 Å². The largest absolute Gasteiger partial charge is 0.420 e. The fourth-order valence-electron chi connectivity index (χ4n) is 2.27. The summed E-state index contributed by atoms with van der Waals surface area (Å²) in [4.78, 5) is 20.3. The van der Waals surface area contributed by atoms with Gasteiger partial charge in [-0.15, -0.1) is 0 Å². The van der Waals surface area contributed by atoms with Crippen molar-refractivity contribution in [2.24, 2.45) is 0 Å². The number of aromatic nitrogens is 4. The van der Waals surface area contributed by atoms with E-state index in [1.54, 1.807) is 24.5 Å². The molecule has 0 aliphatic rings. The Morgan fingerprint density at radius 3 is 2.96 bits per heavy atom. The molecule has 4 rings (SSSR count). The van der Waals surface area contributed by atoms with Crippen molar-refractivity contribution >= 4 is 27.0 Å². The molecule has 1 aromatic carbocycles. The van der Waals surface area contributed by atoms with Gasteiger partial charge in [-0.1, -0.05) is 17.3 Å². The van der Waals surface area contributed by atoms with Crippen LogP contribution in [-0.4, -0.2) is 19.7 Å². The van der Waals surface area contributed by atoms with Gasteiger partial charge in [-0.3, -0.25) is 9.55 Å². The maximum Gasteiger partial charge on any atom is 0.420 e. The van der Waals surface area contributed by atoms with Crippen molar-refractivity contribution in [2.45, 2.75) is 6.54 Å². The van der Waals surface area contributed by atoms with Crippen LogP contribution < -0.4 is 5.76 Å². The quantitative estimate of drug-likeness (QED) is 0.549. The lowest BCUT2D eigenvalue weighted by Gasteiger charge is -1.96. The van der Waals surface area contributed by atoms with Crippen molar-refractivity contribution in [1.29, 1.82) is 0 Å². The van der Waals surface area contributed by atoms with E-state index >= 15 is 0 Å². The molecule has 0 amide bonds. The zero-order chi connectivity index (χ0) is 15.8. The number of para-hydroxylation sites is 2. The molecule has 0 radical (unpaired) electrons. The van der Waals surface area contributed by atoms with E-state index in [1.165, 1.54) is 4.57 Å². The Morgan fingerprint density at radius 2 is 2.09 bits per heavy atom.